The highest BCUT2D eigenvalue weighted by atomic mass is 32.1. The van der Waals surface area contributed by atoms with E-state index in [9.17, 15) is 9.59 Å². The van der Waals surface area contributed by atoms with Crippen LogP contribution in [0.3, 0.4) is 0 Å². The summed E-state index contributed by atoms with van der Waals surface area (Å²) in [6.45, 7) is 5.81. The van der Waals surface area contributed by atoms with Gasteiger partial charge in [0, 0.05) is 154 Å². The lowest BCUT2D eigenvalue weighted by Crippen LogP contribution is -2.29. The van der Waals surface area contributed by atoms with Crippen molar-refractivity contribution in [3.05, 3.63) is 263 Å². The van der Waals surface area contributed by atoms with Crippen molar-refractivity contribution in [2.75, 3.05) is 89.2 Å². The van der Waals surface area contributed by atoms with E-state index in [4.69, 9.17) is 28.9 Å². The second kappa shape index (κ2) is 36.7. The van der Waals surface area contributed by atoms with Crippen molar-refractivity contribution < 1.29 is 28.5 Å². The second-order valence-corrected chi connectivity index (χ2v) is 33.8. The monoisotopic (exact) mass is 1550 g/mol. The highest BCUT2D eigenvalue weighted by Gasteiger charge is 2.50. The minimum absolute atomic E-state index is 0.377. The number of carbonyl (C=O) groups excluding carboxylic acids is 2. The quantitative estimate of drug-likeness (QED) is 0.0271. The van der Waals surface area contributed by atoms with Gasteiger partial charge in [0.2, 0.25) is 0 Å². The van der Waals surface area contributed by atoms with Crippen LogP contribution < -0.4 is 29.1 Å². The number of fused-ring (bicyclic) bond motifs is 3. The third-order valence-corrected chi connectivity index (χ3v) is 25.1. The lowest BCUT2D eigenvalue weighted by atomic mass is 9.79. The van der Waals surface area contributed by atoms with E-state index >= 15 is 0 Å². The van der Waals surface area contributed by atoms with Gasteiger partial charge in [0.25, 0.3) is 0 Å². The average Bonchev–Trinajstić information content (AvgIpc) is 1.54. The molecule has 14 heteroatoms. The first-order valence-corrected chi connectivity index (χ1v) is 43.1. The van der Waals surface area contributed by atoms with E-state index in [2.05, 4.69) is 240 Å². The Morgan fingerprint density at radius 3 is 0.939 bits per heavy atom. The van der Waals surface area contributed by atoms with Crippen LogP contribution in [0.15, 0.2) is 218 Å². The first-order valence-electron chi connectivity index (χ1n) is 41.4. The predicted octanol–water partition coefficient (Wildman–Crippen LogP) is 25.5. The van der Waals surface area contributed by atoms with E-state index < -0.39 is 11.2 Å². The van der Waals surface area contributed by atoms with Gasteiger partial charge in [0.15, 0.2) is 11.2 Å². The number of unbranched alkanes of at least 4 members (excludes halogenated alkanes) is 18. The molecule has 0 bridgehead atoms. The number of aromatic nitrogens is 2. The second-order valence-electron chi connectivity index (χ2n) is 31.7. The molecule has 0 N–H and O–H groups in total. The minimum atomic E-state index is -1.18. The molecular weight excluding hydrogens is 1450 g/mol. The normalized spacial score (nSPS) is 13.2. The Bertz CT molecular complexity index is 4840. The maximum absolute atomic E-state index is 14.7. The van der Waals surface area contributed by atoms with Gasteiger partial charge in [0.05, 0.1) is 46.8 Å². The van der Waals surface area contributed by atoms with Crippen molar-refractivity contribution in [2.45, 2.75) is 153 Å². The van der Waals surface area contributed by atoms with Crippen molar-refractivity contribution in [2.24, 2.45) is 0 Å². The van der Waals surface area contributed by atoms with Gasteiger partial charge in [-0.15, -0.1) is 22.7 Å². The first kappa shape index (κ1) is 80.1. The zero-order valence-electron chi connectivity index (χ0n) is 68.3. The molecule has 0 amide bonds. The Morgan fingerprint density at radius 2 is 0.623 bits per heavy atom. The van der Waals surface area contributed by atoms with Gasteiger partial charge in [0.1, 0.15) is 11.5 Å². The summed E-state index contributed by atoms with van der Waals surface area (Å²) in [6, 6.07) is 75.5. The predicted molar refractivity (Wildman–Crippen MR) is 476 cm³/mol. The van der Waals surface area contributed by atoms with Crippen LogP contribution in [-0.4, -0.2) is 91.5 Å². The molecule has 12 aromatic rings. The Kier molecular flexibility index (Phi) is 25.8. The topological polar surface area (TPSA) is 110 Å². The fourth-order valence-electron chi connectivity index (χ4n) is 16.2. The van der Waals surface area contributed by atoms with E-state index in [1.807, 2.05) is 68.5 Å². The SMILES string of the molecule is CCCCCCCCCCCCOc1cccc(-c2nc3c(-c4ccc(-c5ccc6c(c5)C(=O)OC6(c5ccc(N(C)C)cc5)c5ccc(N(C)C)cc5)s4)ccc(-c4ccc(-c5ccc6c(c5)C(=O)OC6(c5ccc(N(C)C)cc5)c5ccc(N(C)C)cc5)s4)c3nc2-c2cccc(OCCCCCCCCCCCC)c2)c1. The number of cyclic esters (lactones) is 2. The van der Waals surface area contributed by atoms with E-state index in [1.54, 1.807) is 22.7 Å². The van der Waals surface area contributed by atoms with Gasteiger partial charge < -0.3 is 38.5 Å². The molecule has 3 aromatic heterocycles. The van der Waals surface area contributed by atoms with Crippen molar-refractivity contribution in [3.63, 3.8) is 0 Å². The lowest BCUT2D eigenvalue weighted by Gasteiger charge is -2.31. The number of nitrogens with zero attached hydrogens (tertiary/aromatic N) is 6. The van der Waals surface area contributed by atoms with E-state index in [0.29, 0.717) is 24.3 Å². The number of rotatable bonds is 38. The van der Waals surface area contributed by atoms with Gasteiger partial charge in [-0.05, 0) is 133 Å². The summed E-state index contributed by atoms with van der Waals surface area (Å²) in [5, 5.41) is 0. The molecule has 2 aliphatic rings. The highest BCUT2D eigenvalue weighted by Crippen LogP contribution is 2.53. The van der Waals surface area contributed by atoms with Crippen LogP contribution >= 0.6 is 22.7 Å². The van der Waals surface area contributed by atoms with Crippen LogP contribution in [0.5, 0.6) is 11.5 Å². The summed E-state index contributed by atoms with van der Waals surface area (Å²) in [5.74, 6) is 0.822. The molecule has 588 valence electrons. The van der Waals surface area contributed by atoms with Gasteiger partial charge >= 0.3 is 11.9 Å². The van der Waals surface area contributed by atoms with Crippen molar-refractivity contribution in [3.8, 4) is 75.8 Å². The van der Waals surface area contributed by atoms with Crippen LogP contribution in [0.4, 0.5) is 22.7 Å². The molecule has 0 atom stereocenters. The molecule has 5 heterocycles. The Balaban J connectivity index is 0.857. The lowest BCUT2D eigenvalue weighted by molar-refractivity contribution is 0.0242. The fourth-order valence-corrected chi connectivity index (χ4v) is 18.3. The standard InChI is InChI=1S/C100H110N6O6S2/c1-11-13-15-17-19-21-23-25-27-29-63-109-81-35-31-33-71(65-81)93-94(72-34-32-36-82(66-72)110-64-30-28-26-24-22-20-18-16-14-12-2)102-96-84(92-62-60-90(114-92)70-38-58-88-86(68-70)98(108)112-100(88,75-43-51-79(52-44-75)105(7)8)76-45-53-80(54-46-76)106(9)10)56-55-83(95(96)101-93)91-61-59-89(113-91)69-37-57-87-85(67-69)97(107)111-99(87,73-39-47-77(48-40-73)103(3)4)74-41-49-78(50-42-74)104(5)6/h31-62,65-68H,11-30,63-64H2,1-10H3. The molecule has 0 aliphatic carbocycles. The zero-order chi connectivity index (χ0) is 79.3. The summed E-state index contributed by atoms with van der Waals surface area (Å²) in [7, 11) is 16.2. The third-order valence-electron chi connectivity index (χ3n) is 22.8. The highest BCUT2D eigenvalue weighted by molar-refractivity contribution is 7.19. The van der Waals surface area contributed by atoms with Gasteiger partial charge in [-0.25, -0.2) is 19.6 Å². The van der Waals surface area contributed by atoms with E-state index in [-0.39, 0.29) is 11.9 Å². The number of hydrogen-bond donors (Lipinski definition) is 0. The molecule has 9 aromatic carbocycles. The van der Waals surface area contributed by atoms with Crippen LogP contribution in [0.1, 0.15) is 196 Å². The number of esters is 2. The van der Waals surface area contributed by atoms with E-state index in [0.717, 1.165) is 169 Å². The Morgan fingerprint density at radius 1 is 0.316 bits per heavy atom. The van der Waals surface area contributed by atoms with E-state index in [1.165, 1.54) is 103 Å². The van der Waals surface area contributed by atoms with Crippen LogP contribution in [0, 0.1) is 0 Å². The first-order chi connectivity index (χ1) is 55.5. The molecule has 0 saturated carbocycles. The van der Waals surface area contributed by atoms with Crippen LogP contribution in [0.2, 0.25) is 0 Å². The van der Waals surface area contributed by atoms with Gasteiger partial charge in [-0.1, -0.05) is 239 Å². The zero-order valence-corrected chi connectivity index (χ0v) is 69.9. The smallest absolute Gasteiger partial charge is 0.340 e. The number of thiophene rings is 2. The summed E-state index contributed by atoms with van der Waals surface area (Å²) in [5.41, 5.74) is 16.3. The van der Waals surface area contributed by atoms with Crippen molar-refractivity contribution in [1.29, 1.82) is 0 Å². The minimum Gasteiger partial charge on any atom is -0.494 e. The molecule has 0 spiro atoms. The molecule has 0 fully saturated rings. The number of hydrogen-bond acceptors (Lipinski definition) is 14. The van der Waals surface area contributed by atoms with Crippen molar-refractivity contribution >= 4 is 68.4 Å². The van der Waals surface area contributed by atoms with Crippen molar-refractivity contribution in [1.82, 2.24) is 9.97 Å². The third kappa shape index (κ3) is 17.4. The Labute approximate surface area is 683 Å². The summed E-state index contributed by atoms with van der Waals surface area (Å²) >= 11 is 3.31. The molecule has 2 aliphatic heterocycles. The maximum Gasteiger partial charge on any atom is 0.340 e. The molecular formula is C100H110N6O6S2. The molecule has 12 nitrogen and oxygen atoms in total. The molecule has 0 unspecified atom stereocenters. The van der Waals surface area contributed by atoms with Crippen LogP contribution in [0.25, 0.3) is 75.3 Å². The van der Waals surface area contributed by atoms with Gasteiger partial charge in [-0.2, -0.15) is 0 Å². The van der Waals surface area contributed by atoms with Gasteiger partial charge in [-0.3, -0.25) is 0 Å². The summed E-state index contributed by atoms with van der Waals surface area (Å²) < 4.78 is 26.8. The summed E-state index contributed by atoms with van der Waals surface area (Å²) in [6.07, 6.45) is 25.0. The average molecular weight is 1560 g/mol. The summed E-state index contributed by atoms with van der Waals surface area (Å²) in [4.78, 5) is 53.5. The largest absolute Gasteiger partial charge is 0.494 e. The Hall–Kier alpha value is -10.5. The molecule has 0 radical (unpaired) electrons. The molecule has 14 rings (SSSR count). The number of anilines is 4. The molecule has 0 saturated heterocycles. The maximum atomic E-state index is 14.7. The fraction of sp³-hybridized carbons (Fsp3) is 0.340. The molecule has 114 heavy (non-hydrogen) atoms. The van der Waals surface area contributed by atoms with Crippen LogP contribution in [-0.2, 0) is 20.7 Å². The number of carbonyl (C=O) groups is 2. The number of benzene rings is 9. The number of ether oxygens (including phenoxy) is 4.